The highest BCUT2D eigenvalue weighted by Gasteiger charge is 2.30. The number of carbonyl (C=O) groups excluding carboxylic acids is 2. The van der Waals surface area contributed by atoms with E-state index >= 15 is 0 Å². The summed E-state index contributed by atoms with van der Waals surface area (Å²) in [5, 5.41) is 14.5. The number of hydrogen-bond acceptors (Lipinski definition) is 4. The molecule has 3 N–H and O–H groups in total. The van der Waals surface area contributed by atoms with Crippen LogP contribution in [0.2, 0.25) is 0 Å². The summed E-state index contributed by atoms with van der Waals surface area (Å²) in [7, 11) is 0. The number of hydrogen-bond donors (Lipinski definition) is 3. The van der Waals surface area contributed by atoms with Crippen LogP contribution < -0.4 is 10.6 Å². The van der Waals surface area contributed by atoms with Gasteiger partial charge in [-0.2, -0.15) is 0 Å². The third-order valence-corrected chi connectivity index (χ3v) is 5.76. The molecule has 3 rings (SSSR count). The zero-order valence-corrected chi connectivity index (χ0v) is 19.6. The van der Waals surface area contributed by atoms with E-state index in [1.165, 1.54) is 0 Å². The maximum atomic E-state index is 12.8. The van der Waals surface area contributed by atoms with Crippen molar-refractivity contribution < 1.29 is 24.2 Å². The molecule has 0 heterocycles. The molecule has 0 radical (unpaired) electrons. The molecule has 2 aromatic rings. The van der Waals surface area contributed by atoms with Crippen LogP contribution in [0, 0.1) is 17.8 Å². The fourth-order valence-corrected chi connectivity index (χ4v) is 4.16. The SMILES string of the molecule is CC#CCC(NC(=O)[C@@H](CC(C)C)NC(=O)OCC1c2ccccc2-c2ccccc21)C(=O)O. The third-order valence-electron chi connectivity index (χ3n) is 5.76. The molecule has 1 unspecified atom stereocenters. The minimum atomic E-state index is -1.18. The smallest absolute Gasteiger partial charge is 0.407 e. The molecule has 0 spiro atoms. The highest BCUT2D eigenvalue weighted by Crippen LogP contribution is 2.44. The minimum Gasteiger partial charge on any atom is -0.480 e. The highest BCUT2D eigenvalue weighted by molar-refractivity contribution is 5.89. The lowest BCUT2D eigenvalue weighted by molar-refractivity contribution is -0.142. The van der Waals surface area contributed by atoms with Crippen molar-refractivity contribution in [2.45, 2.75) is 51.6 Å². The van der Waals surface area contributed by atoms with E-state index in [0.717, 1.165) is 22.3 Å². The largest absolute Gasteiger partial charge is 0.480 e. The molecule has 0 bridgehead atoms. The van der Waals surface area contributed by atoms with Crippen molar-refractivity contribution in [3.63, 3.8) is 0 Å². The first-order valence-electron chi connectivity index (χ1n) is 11.4. The maximum absolute atomic E-state index is 12.8. The number of aliphatic carboxylic acids is 1. The standard InChI is InChI=1S/C27H30N2O5/c1-4-5-14-23(26(31)32)28-25(30)24(15-17(2)3)29-27(33)34-16-22-20-12-8-6-10-18(20)19-11-7-9-13-21(19)22/h6-13,17,22-24H,14-16H2,1-3H3,(H,28,30)(H,29,33)(H,31,32)/t23?,24-/m1/s1. The Labute approximate surface area is 199 Å². The molecule has 2 aromatic carbocycles. The summed E-state index contributed by atoms with van der Waals surface area (Å²) in [4.78, 5) is 36.9. The summed E-state index contributed by atoms with van der Waals surface area (Å²) in [6.45, 7) is 5.55. The molecule has 2 atom stereocenters. The van der Waals surface area contributed by atoms with Gasteiger partial charge in [0.1, 0.15) is 18.7 Å². The summed E-state index contributed by atoms with van der Waals surface area (Å²) < 4.78 is 5.55. The van der Waals surface area contributed by atoms with Gasteiger partial charge in [0, 0.05) is 12.3 Å². The van der Waals surface area contributed by atoms with Crippen LogP contribution in [0.25, 0.3) is 11.1 Å². The molecule has 0 fully saturated rings. The molecule has 34 heavy (non-hydrogen) atoms. The van der Waals surface area contributed by atoms with Crippen LogP contribution in [0.4, 0.5) is 4.79 Å². The van der Waals surface area contributed by atoms with Crippen LogP contribution >= 0.6 is 0 Å². The van der Waals surface area contributed by atoms with Crippen LogP contribution in [-0.4, -0.2) is 41.8 Å². The molecule has 2 amide bonds. The second kappa shape index (κ2) is 11.4. The molecule has 1 aliphatic carbocycles. The van der Waals surface area contributed by atoms with Crippen molar-refractivity contribution in [3.05, 3.63) is 59.7 Å². The summed E-state index contributed by atoms with van der Waals surface area (Å²) in [6.07, 6.45) is -0.401. The van der Waals surface area contributed by atoms with Crippen molar-refractivity contribution in [3.8, 4) is 23.0 Å². The van der Waals surface area contributed by atoms with Crippen LogP contribution in [0.1, 0.15) is 50.7 Å². The first-order valence-corrected chi connectivity index (χ1v) is 11.4. The number of nitrogens with one attached hydrogen (secondary N) is 2. The highest BCUT2D eigenvalue weighted by atomic mass is 16.5. The fraction of sp³-hybridized carbons (Fsp3) is 0.370. The molecule has 0 saturated heterocycles. The Morgan fingerprint density at radius 3 is 2.09 bits per heavy atom. The van der Waals surface area contributed by atoms with Gasteiger partial charge in [0.05, 0.1) is 0 Å². The number of carbonyl (C=O) groups is 3. The number of carboxylic acids is 1. The van der Waals surface area contributed by atoms with Gasteiger partial charge in [-0.1, -0.05) is 62.4 Å². The van der Waals surface area contributed by atoms with Crippen LogP contribution in [-0.2, 0) is 14.3 Å². The first kappa shape index (κ1) is 24.8. The van der Waals surface area contributed by atoms with Crippen molar-refractivity contribution in [1.29, 1.82) is 0 Å². The predicted molar refractivity (Wildman–Crippen MR) is 129 cm³/mol. The van der Waals surface area contributed by atoms with E-state index in [9.17, 15) is 19.5 Å². The first-order chi connectivity index (χ1) is 16.3. The number of fused-ring (bicyclic) bond motifs is 3. The normalized spacial score (nSPS) is 13.6. The van der Waals surface area contributed by atoms with Crippen molar-refractivity contribution in [2.24, 2.45) is 5.92 Å². The van der Waals surface area contributed by atoms with Gasteiger partial charge >= 0.3 is 12.1 Å². The lowest BCUT2D eigenvalue weighted by Gasteiger charge is -2.22. The van der Waals surface area contributed by atoms with E-state index in [1.54, 1.807) is 6.92 Å². The Morgan fingerprint density at radius 1 is 0.971 bits per heavy atom. The van der Waals surface area contributed by atoms with E-state index in [0.29, 0.717) is 6.42 Å². The second-order valence-corrected chi connectivity index (χ2v) is 8.68. The Balaban J connectivity index is 1.67. The molecule has 0 aromatic heterocycles. The zero-order chi connectivity index (χ0) is 24.7. The summed E-state index contributed by atoms with van der Waals surface area (Å²) in [5.41, 5.74) is 4.43. The monoisotopic (exact) mass is 462 g/mol. The number of carboxylic acid groups (broad SMARTS) is 1. The summed E-state index contributed by atoms with van der Waals surface area (Å²) in [5.74, 6) is 3.52. The number of rotatable bonds is 9. The van der Waals surface area contributed by atoms with Crippen LogP contribution in [0.3, 0.4) is 0 Å². The Bertz CT molecular complexity index is 1070. The molecule has 178 valence electrons. The number of alkyl carbamates (subject to hydrolysis) is 1. The quantitative estimate of drug-likeness (QED) is 0.490. The number of ether oxygens (including phenoxy) is 1. The third kappa shape index (κ3) is 5.96. The van der Waals surface area contributed by atoms with E-state index in [4.69, 9.17) is 4.74 Å². The lowest BCUT2D eigenvalue weighted by atomic mass is 9.98. The van der Waals surface area contributed by atoms with Gasteiger partial charge in [0.25, 0.3) is 0 Å². The molecular formula is C27H30N2O5. The number of benzene rings is 2. The van der Waals surface area contributed by atoms with Gasteiger partial charge in [-0.3, -0.25) is 4.79 Å². The van der Waals surface area contributed by atoms with E-state index in [2.05, 4.69) is 34.6 Å². The molecular weight excluding hydrogens is 432 g/mol. The second-order valence-electron chi connectivity index (χ2n) is 8.68. The van der Waals surface area contributed by atoms with Crippen molar-refractivity contribution in [1.82, 2.24) is 10.6 Å². The summed E-state index contributed by atoms with van der Waals surface area (Å²) in [6, 6.07) is 14.0. The van der Waals surface area contributed by atoms with Gasteiger partial charge in [-0.05, 0) is 41.5 Å². The lowest BCUT2D eigenvalue weighted by Crippen LogP contribution is -2.52. The summed E-state index contributed by atoms with van der Waals surface area (Å²) >= 11 is 0. The van der Waals surface area contributed by atoms with Gasteiger partial charge in [-0.15, -0.1) is 11.8 Å². The number of amides is 2. The average molecular weight is 463 g/mol. The Kier molecular flexibility index (Phi) is 8.31. The topological polar surface area (TPSA) is 105 Å². The maximum Gasteiger partial charge on any atom is 0.407 e. The Hall–Kier alpha value is -3.79. The van der Waals surface area contributed by atoms with Gasteiger partial charge in [0.2, 0.25) is 5.91 Å². The van der Waals surface area contributed by atoms with Gasteiger partial charge in [0.15, 0.2) is 0 Å². The predicted octanol–water partition coefficient (Wildman–Crippen LogP) is 3.92. The van der Waals surface area contributed by atoms with Crippen LogP contribution in [0.15, 0.2) is 48.5 Å². The van der Waals surface area contributed by atoms with E-state index in [-0.39, 0.29) is 24.9 Å². The zero-order valence-electron chi connectivity index (χ0n) is 19.6. The molecule has 7 nitrogen and oxygen atoms in total. The molecule has 1 aliphatic rings. The Morgan fingerprint density at radius 2 is 1.56 bits per heavy atom. The van der Waals surface area contributed by atoms with Crippen LogP contribution in [0.5, 0.6) is 0 Å². The van der Waals surface area contributed by atoms with Gasteiger partial charge in [-0.25, -0.2) is 9.59 Å². The fourth-order valence-electron chi connectivity index (χ4n) is 4.16. The van der Waals surface area contributed by atoms with Crippen molar-refractivity contribution in [2.75, 3.05) is 6.61 Å². The average Bonchev–Trinajstić information content (AvgIpc) is 3.13. The van der Waals surface area contributed by atoms with Crippen molar-refractivity contribution >= 4 is 18.0 Å². The van der Waals surface area contributed by atoms with E-state index in [1.807, 2.05) is 50.2 Å². The molecule has 0 saturated carbocycles. The van der Waals surface area contributed by atoms with Gasteiger partial charge < -0.3 is 20.5 Å². The van der Waals surface area contributed by atoms with E-state index < -0.39 is 30.1 Å². The minimum absolute atomic E-state index is 0.0169. The molecule has 0 aliphatic heterocycles. The molecule has 7 heteroatoms.